The van der Waals surface area contributed by atoms with E-state index in [1.54, 1.807) is 18.2 Å². The van der Waals surface area contributed by atoms with Crippen LogP contribution in [0.25, 0.3) is 0 Å². The summed E-state index contributed by atoms with van der Waals surface area (Å²) >= 11 is 3.35. The molecule has 2 rings (SSSR count). The maximum absolute atomic E-state index is 8.84. The molecule has 20 heavy (non-hydrogen) atoms. The molecule has 0 heterocycles. The first-order valence-electron chi connectivity index (χ1n) is 6.11. The first-order chi connectivity index (χ1) is 9.69. The normalized spacial score (nSPS) is 9.80. The Bertz CT molecular complexity index is 620. The van der Waals surface area contributed by atoms with E-state index in [2.05, 4.69) is 27.3 Å². The van der Waals surface area contributed by atoms with Gasteiger partial charge in [0.05, 0.1) is 5.56 Å². The van der Waals surface area contributed by atoms with Gasteiger partial charge in [-0.2, -0.15) is 5.26 Å². The Morgan fingerprint density at radius 1 is 1.20 bits per heavy atom. The van der Waals surface area contributed by atoms with Crippen molar-refractivity contribution in [2.45, 2.75) is 0 Å². The van der Waals surface area contributed by atoms with Crippen LogP contribution >= 0.6 is 15.9 Å². The van der Waals surface area contributed by atoms with Crippen LogP contribution < -0.4 is 15.8 Å². The fourth-order valence-corrected chi connectivity index (χ4v) is 2.11. The molecular formula is C15H14BrN3O. The van der Waals surface area contributed by atoms with E-state index in [-0.39, 0.29) is 0 Å². The molecule has 102 valence electrons. The number of nitriles is 1. The number of hydrogen-bond acceptors (Lipinski definition) is 4. The van der Waals surface area contributed by atoms with Gasteiger partial charge in [0, 0.05) is 22.4 Å². The Labute approximate surface area is 126 Å². The number of benzene rings is 2. The Kier molecular flexibility index (Phi) is 4.85. The summed E-state index contributed by atoms with van der Waals surface area (Å²) in [7, 11) is 0. The summed E-state index contributed by atoms with van der Waals surface area (Å²) < 4.78 is 6.36. The lowest BCUT2D eigenvalue weighted by Gasteiger charge is -2.09. The minimum atomic E-state index is 0.543. The van der Waals surface area contributed by atoms with Gasteiger partial charge in [-0.15, -0.1) is 0 Å². The number of halogens is 1. The minimum absolute atomic E-state index is 0.543. The van der Waals surface area contributed by atoms with Crippen LogP contribution in [0.2, 0.25) is 0 Å². The van der Waals surface area contributed by atoms with E-state index in [0.29, 0.717) is 18.7 Å². The maximum Gasteiger partial charge on any atom is 0.119 e. The van der Waals surface area contributed by atoms with Gasteiger partial charge in [-0.3, -0.25) is 0 Å². The van der Waals surface area contributed by atoms with Crippen LogP contribution in [0, 0.1) is 11.3 Å². The first kappa shape index (κ1) is 14.2. The third kappa shape index (κ3) is 3.90. The van der Waals surface area contributed by atoms with E-state index in [1.807, 2.05) is 24.3 Å². The van der Waals surface area contributed by atoms with Crippen LogP contribution in [0.15, 0.2) is 46.9 Å². The van der Waals surface area contributed by atoms with Gasteiger partial charge < -0.3 is 15.8 Å². The van der Waals surface area contributed by atoms with E-state index in [1.165, 1.54) is 0 Å². The van der Waals surface area contributed by atoms with Crippen molar-refractivity contribution in [3.63, 3.8) is 0 Å². The number of nitrogens with one attached hydrogen (secondary N) is 1. The quantitative estimate of drug-likeness (QED) is 0.650. The van der Waals surface area contributed by atoms with Crippen molar-refractivity contribution in [1.82, 2.24) is 0 Å². The van der Waals surface area contributed by atoms with E-state index in [4.69, 9.17) is 15.7 Å². The smallest absolute Gasteiger partial charge is 0.119 e. The van der Waals surface area contributed by atoms with Gasteiger partial charge in [-0.05, 0) is 58.4 Å². The third-order valence-electron chi connectivity index (χ3n) is 2.67. The molecule has 4 nitrogen and oxygen atoms in total. The molecule has 0 aliphatic heterocycles. The summed E-state index contributed by atoms with van der Waals surface area (Å²) in [6.07, 6.45) is 0. The zero-order valence-electron chi connectivity index (χ0n) is 10.8. The standard InChI is InChI=1S/C15H14BrN3O/c16-15-9-13(4-1-11(15)10-17)19-7-8-20-14-5-2-12(18)3-6-14/h1-6,9,19H,7-8,18H2. The van der Waals surface area contributed by atoms with Crippen LogP contribution in [0.3, 0.4) is 0 Å². The molecule has 0 fully saturated rings. The SMILES string of the molecule is N#Cc1ccc(NCCOc2ccc(N)cc2)cc1Br. The predicted octanol–water partition coefficient (Wildman–Crippen LogP) is 3.39. The minimum Gasteiger partial charge on any atom is -0.492 e. The lowest BCUT2D eigenvalue weighted by atomic mass is 10.2. The van der Waals surface area contributed by atoms with Crippen LogP contribution in [-0.2, 0) is 0 Å². The molecule has 0 saturated carbocycles. The highest BCUT2D eigenvalue weighted by molar-refractivity contribution is 9.10. The second kappa shape index (κ2) is 6.83. The highest BCUT2D eigenvalue weighted by Gasteiger charge is 2.00. The van der Waals surface area contributed by atoms with Crippen molar-refractivity contribution < 1.29 is 4.74 Å². The van der Waals surface area contributed by atoms with Crippen LogP contribution in [0.4, 0.5) is 11.4 Å². The molecule has 0 atom stereocenters. The Balaban J connectivity index is 1.80. The van der Waals surface area contributed by atoms with Gasteiger partial charge in [0.1, 0.15) is 18.4 Å². The molecule has 0 amide bonds. The Morgan fingerprint density at radius 3 is 2.60 bits per heavy atom. The van der Waals surface area contributed by atoms with Crippen molar-refractivity contribution in [1.29, 1.82) is 5.26 Å². The van der Waals surface area contributed by atoms with E-state index in [0.717, 1.165) is 21.6 Å². The molecule has 0 saturated heterocycles. The highest BCUT2D eigenvalue weighted by Crippen LogP contribution is 2.20. The predicted molar refractivity (Wildman–Crippen MR) is 83.7 cm³/mol. The average Bonchev–Trinajstić information content (AvgIpc) is 2.46. The van der Waals surface area contributed by atoms with Gasteiger partial charge in [0.2, 0.25) is 0 Å². The van der Waals surface area contributed by atoms with Gasteiger partial charge in [0.25, 0.3) is 0 Å². The number of ether oxygens (including phenoxy) is 1. The number of hydrogen-bond donors (Lipinski definition) is 2. The summed E-state index contributed by atoms with van der Waals surface area (Å²) in [5, 5.41) is 12.1. The first-order valence-corrected chi connectivity index (χ1v) is 6.90. The van der Waals surface area contributed by atoms with E-state index >= 15 is 0 Å². The molecular weight excluding hydrogens is 318 g/mol. The molecule has 3 N–H and O–H groups in total. The third-order valence-corrected chi connectivity index (χ3v) is 3.33. The molecule has 0 bridgehead atoms. The average molecular weight is 332 g/mol. The lowest BCUT2D eigenvalue weighted by Crippen LogP contribution is -2.11. The number of nitrogens with zero attached hydrogens (tertiary/aromatic N) is 1. The summed E-state index contributed by atoms with van der Waals surface area (Å²) in [4.78, 5) is 0. The van der Waals surface area contributed by atoms with Crippen LogP contribution in [0.5, 0.6) is 5.75 Å². The van der Waals surface area contributed by atoms with Crippen LogP contribution in [-0.4, -0.2) is 13.2 Å². The monoisotopic (exact) mass is 331 g/mol. The number of rotatable bonds is 5. The van der Waals surface area contributed by atoms with Crippen molar-refractivity contribution in [2.75, 3.05) is 24.2 Å². The largest absolute Gasteiger partial charge is 0.492 e. The Hall–Kier alpha value is -2.19. The zero-order valence-corrected chi connectivity index (χ0v) is 12.4. The fraction of sp³-hybridized carbons (Fsp3) is 0.133. The Morgan fingerprint density at radius 2 is 1.95 bits per heavy atom. The lowest BCUT2D eigenvalue weighted by molar-refractivity contribution is 0.333. The van der Waals surface area contributed by atoms with Crippen molar-refractivity contribution >= 4 is 27.3 Å². The molecule has 0 aromatic heterocycles. The number of nitrogen functional groups attached to an aromatic ring is 1. The molecule has 0 unspecified atom stereocenters. The van der Waals surface area contributed by atoms with Gasteiger partial charge in [-0.1, -0.05) is 0 Å². The molecule has 2 aromatic rings. The van der Waals surface area contributed by atoms with Gasteiger partial charge >= 0.3 is 0 Å². The zero-order chi connectivity index (χ0) is 14.4. The van der Waals surface area contributed by atoms with Gasteiger partial charge in [-0.25, -0.2) is 0 Å². The van der Waals surface area contributed by atoms with Crippen molar-refractivity contribution in [3.05, 3.63) is 52.5 Å². The van der Waals surface area contributed by atoms with E-state index < -0.39 is 0 Å². The number of anilines is 2. The summed E-state index contributed by atoms with van der Waals surface area (Å²) in [6.45, 7) is 1.21. The second-order valence-corrected chi connectivity index (χ2v) is 5.01. The van der Waals surface area contributed by atoms with E-state index in [9.17, 15) is 0 Å². The fourth-order valence-electron chi connectivity index (χ4n) is 1.64. The molecule has 0 radical (unpaired) electrons. The topological polar surface area (TPSA) is 71.1 Å². The van der Waals surface area contributed by atoms with Crippen molar-refractivity contribution in [3.8, 4) is 11.8 Å². The summed E-state index contributed by atoms with van der Waals surface area (Å²) in [6, 6.07) is 14.9. The number of nitrogens with two attached hydrogens (primary N) is 1. The second-order valence-electron chi connectivity index (χ2n) is 4.15. The molecule has 5 heteroatoms. The molecule has 0 aliphatic rings. The summed E-state index contributed by atoms with van der Waals surface area (Å²) in [5.41, 5.74) is 7.88. The van der Waals surface area contributed by atoms with Crippen molar-refractivity contribution in [2.24, 2.45) is 0 Å². The van der Waals surface area contributed by atoms with Gasteiger partial charge in [0.15, 0.2) is 0 Å². The van der Waals surface area contributed by atoms with Crippen LogP contribution in [0.1, 0.15) is 5.56 Å². The highest BCUT2D eigenvalue weighted by atomic mass is 79.9. The molecule has 0 spiro atoms. The molecule has 0 aliphatic carbocycles. The molecule has 2 aromatic carbocycles. The summed E-state index contributed by atoms with van der Waals surface area (Å²) in [5.74, 6) is 0.794. The maximum atomic E-state index is 8.84.